The second-order valence-electron chi connectivity index (χ2n) is 12.2. The van der Waals surface area contributed by atoms with Gasteiger partial charge >= 0.3 is 6.09 Å². The van der Waals surface area contributed by atoms with Crippen LogP contribution in [-0.4, -0.2) is 39.7 Å². The number of hydrogen-bond donors (Lipinski definition) is 3. The van der Waals surface area contributed by atoms with E-state index < -0.39 is 5.60 Å². The number of carbonyl (C=O) groups is 1. The molecule has 0 radical (unpaired) electrons. The van der Waals surface area contributed by atoms with Gasteiger partial charge in [-0.1, -0.05) is 57.8 Å². The minimum Gasteiger partial charge on any atom is -0.444 e. The molecule has 2 aliphatic rings. The Morgan fingerprint density at radius 1 is 0.872 bits per heavy atom. The lowest BCUT2D eigenvalue weighted by atomic mass is 10.1. The zero-order valence-electron chi connectivity index (χ0n) is 23.3. The summed E-state index contributed by atoms with van der Waals surface area (Å²) in [5.74, 6) is 1.24. The summed E-state index contributed by atoms with van der Waals surface area (Å²) in [4.78, 5) is 21.4. The normalized spacial score (nSPS) is 23.3. The average Bonchev–Trinajstić information content (AvgIpc) is 3.62. The van der Waals surface area contributed by atoms with Crippen molar-refractivity contribution in [2.75, 3.05) is 13.1 Å². The molecule has 2 aromatic carbocycles. The first-order valence-corrected chi connectivity index (χ1v) is 15.3. The van der Waals surface area contributed by atoms with Crippen LogP contribution in [0.25, 0.3) is 21.8 Å². The molecule has 0 bridgehead atoms. The maximum atomic E-state index is 12.5. The standard InChI is InChI=1S/C18H23BrN2O2.C13H15BrN2/c1-11-7-16(21(10-11)17(22)23-18(2,3)4)15-8-12-5-6-13(19)9-14(12)20-15;1-8-4-12(15-7-8)13-5-9-2-3-10(14)6-11(9)16-13/h5-6,8-9,11,16,20H,7,10H2,1-4H3;2-3,5-6,8,12,15-16H,4,7H2,1H3/t11-,16+;8-,12?/m00/s1. The fraction of sp³-hybridized carbons (Fsp3) is 0.452. The largest absolute Gasteiger partial charge is 0.444 e. The number of hydrogen-bond acceptors (Lipinski definition) is 3. The first-order valence-electron chi connectivity index (χ1n) is 13.7. The lowest BCUT2D eigenvalue weighted by Crippen LogP contribution is -2.36. The maximum absolute atomic E-state index is 12.5. The molecule has 3 N–H and O–H groups in total. The van der Waals surface area contributed by atoms with E-state index in [1.807, 2.05) is 31.7 Å². The Balaban J connectivity index is 0.000000168. The average molecular weight is 658 g/mol. The molecular formula is C31H38Br2N4O2. The van der Waals surface area contributed by atoms with Crippen molar-refractivity contribution in [3.05, 3.63) is 68.9 Å². The van der Waals surface area contributed by atoms with Gasteiger partial charge in [0.15, 0.2) is 0 Å². The zero-order valence-corrected chi connectivity index (χ0v) is 26.4. The van der Waals surface area contributed by atoms with Crippen molar-refractivity contribution < 1.29 is 9.53 Å². The SMILES string of the molecule is C[C@@H]1CNC(c2cc3ccc(Br)cc3[nH]2)C1.C[C@H]1C[C@H](c2cc3ccc(Br)cc3[nH]2)N(C(=O)OC(C)(C)C)C1. The first kappa shape index (κ1) is 28.2. The van der Waals surface area contributed by atoms with E-state index in [1.54, 1.807) is 0 Å². The molecular weight excluding hydrogens is 620 g/mol. The third-order valence-corrected chi connectivity index (χ3v) is 8.42. The molecule has 4 heterocycles. The molecule has 0 aliphatic carbocycles. The minimum atomic E-state index is -0.473. The second-order valence-corrected chi connectivity index (χ2v) is 14.0. The number of likely N-dealkylation sites (tertiary alicyclic amines) is 1. The molecule has 0 saturated carbocycles. The fourth-order valence-corrected chi connectivity index (χ4v) is 6.35. The summed E-state index contributed by atoms with van der Waals surface area (Å²) in [7, 11) is 0. The number of amides is 1. The van der Waals surface area contributed by atoms with Crippen LogP contribution in [0, 0.1) is 11.8 Å². The lowest BCUT2D eigenvalue weighted by Gasteiger charge is -2.28. The molecule has 39 heavy (non-hydrogen) atoms. The van der Waals surface area contributed by atoms with Crippen molar-refractivity contribution in [2.24, 2.45) is 11.8 Å². The Labute approximate surface area is 247 Å². The summed E-state index contributed by atoms with van der Waals surface area (Å²) in [6.45, 7) is 12.0. The summed E-state index contributed by atoms with van der Waals surface area (Å²) < 4.78 is 7.75. The van der Waals surface area contributed by atoms with E-state index in [2.05, 4.69) is 103 Å². The third-order valence-electron chi connectivity index (χ3n) is 7.43. The molecule has 2 aromatic heterocycles. The van der Waals surface area contributed by atoms with Gasteiger partial charge in [-0.05, 0) is 99.2 Å². The van der Waals surface area contributed by atoms with Crippen LogP contribution >= 0.6 is 31.9 Å². The van der Waals surface area contributed by atoms with Crippen LogP contribution in [0.15, 0.2) is 57.5 Å². The van der Waals surface area contributed by atoms with Gasteiger partial charge < -0.3 is 20.0 Å². The van der Waals surface area contributed by atoms with Gasteiger partial charge in [0.25, 0.3) is 0 Å². The highest BCUT2D eigenvalue weighted by Crippen LogP contribution is 2.37. The molecule has 6 rings (SSSR count). The van der Waals surface area contributed by atoms with E-state index >= 15 is 0 Å². The topological polar surface area (TPSA) is 73.2 Å². The third kappa shape index (κ3) is 6.72. The van der Waals surface area contributed by atoms with Crippen LogP contribution in [0.2, 0.25) is 0 Å². The highest BCUT2D eigenvalue weighted by atomic mass is 79.9. The Morgan fingerprint density at radius 2 is 1.46 bits per heavy atom. The molecule has 8 heteroatoms. The Hall–Kier alpha value is -2.29. The number of halogens is 2. The molecule has 4 aromatic rings. The van der Waals surface area contributed by atoms with E-state index in [-0.39, 0.29) is 12.1 Å². The number of aromatic nitrogens is 2. The summed E-state index contributed by atoms with van der Waals surface area (Å²) in [5.41, 5.74) is 4.22. The van der Waals surface area contributed by atoms with Gasteiger partial charge in [-0.15, -0.1) is 0 Å². The smallest absolute Gasteiger partial charge is 0.410 e. The Kier molecular flexibility index (Phi) is 8.18. The molecule has 1 unspecified atom stereocenters. The molecule has 2 aliphatic heterocycles. The van der Waals surface area contributed by atoms with Gasteiger partial charge in [0, 0.05) is 44.0 Å². The van der Waals surface area contributed by atoms with Crippen LogP contribution in [-0.2, 0) is 4.74 Å². The summed E-state index contributed by atoms with van der Waals surface area (Å²) >= 11 is 7.00. The summed E-state index contributed by atoms with van der Waals surface area (Å²) in [5, 5.41) is 6.01. The molecule has 1 amide bonds. The second kappa shape index (κ2) is 11.3. The van der Waals surface area contributed by atoms with Gasteiger partial charge in [-0.25, -0.2) is 4.79 Å². The number of ether oxygens (including phenoxy) is 1. The van der Waals surface area contributed by atoms with Gasteiger partial charge in [-0.3, -0.25) is 4.90 Å². The van der Waals surface area contributed by atoms with Crippen LogP contribution in [0.1, 0.15) is 70.9 Å². The van der Waals surface area contributed by atoms with E-state index in [4.69, 9.17) is 4.74 Å². The quantitative estimate of drug-likeness (QED) is 0.202. The molecule has 208 valence electrons. The number of nitrogens with one attached hydrogen (secondary N) is 3. The van der Waals surface area contributed by atoms with Crippen molar-refractivity contribution in [2.45, 2.75) is 65.1 Å². The number of aromatic amines is 2. The van der Waals surface area contributed by atoms with Crippen LogP contribution in [0.3, 0.4) is 0 Å². The number of fused-ring (bicyclic) bond motifs is 2. The Bertz CT molecular complexity index is 1470. The monoisotopic (exact) mass is 656 g/mol. The summed E-state index contributed by atoms with van der Waals surface area (Å²) in [6.07, 6.45) is 1.95. The van der Waals surface area contributed by atoms with Crippen molar-refractivity contribution in [3.8, 4) is 0 Å². The fourth-order valence-electron chi connectivity index (χ4n) is 5.62. The molecule has 0 spiro atoms. The highest BCUT2D eigenvalue weighted by molar-refractivity contribution is 9.10. The van der Waals surface area contributed by atoms with Crippen LogP contribution in [0.4, 0.5) is 4.79 Å². The van der Waals surface area contributed by atoms with Crippen LogP contribution in [0.5, 0.6) is 0 Å². The minimum absolute atomic E-state index is 0.0472. The van der Waals surface area contributed by atoms with Crippen LogP contribution < -0.4 is 5.32 Å². The van der Waals surface area contributed by atoms with Crippen molar-refractivity contribution in [1.29, 1.82) is 0 Å². The lowest BCUT2D eigenvalue weighted by molar-refractivity contribution is 0.0218. The number of H-pyrrole nitrogens is 2. The van der Waals surface area contributed by atoms with E-state index in [0.29, 0.717) is 12.0 Å². The van der Waals surface area contributed by atoms with E-state index in [9.17, 15) is 4.79 Å². The molecule has 6 nitrogen and oxygen atoms in total. The predicted octanol–water partition coefficient (Wildman–Crippen LogP) is 8.85. The van der Waals surface area contributed by atoms with Gasteiger partial charge in [0.05, 0.1) is 6.04 Å². The van der Waals surface area contributed by atoms with Crippen molar-refractivity contribution >= 4 is 59.8 Å². The van der Waals surface area contributed by atoms with Gasteiger partial charge in [0.2, 0.25) is 0 Å². The molecule has 2 fully saturated rings. The number of rotatable bonds is 2. The van der Waals surface area contributed by atoms with Gasteiger partial charge in [0.1, 0.15) is 5.60 Å². The molecule has 4 atom stereocenters. The summed E-state index contributed by atoms with van der Waals surface area (Å²) in [6, 6.07) is 17.5. The number of carbonyl (C=O) groups excluding carboxylic acids is 1. The van der Waals surface area contributed by atoms with Crippen molar-refractivity contribution in [1.82, 2.24) is 20.2 Å². The first-order chi connectivity index (χ1) is 18.4. The van der Waals surface area contributed by atoms with Gasteiger partial charge in [-0.2, -0.15) is 0 Å². The van der Waals surface area contributed by atoms with E-state index in [1.165, 1.54) is 23.0 Å². The number of benzene rings is 2. The van der Waals surface area contributed by atoms with Crippen molar-refractivity contribution in [3.63, 3.8) is 0 Å². The maximum Gasteiger partial charge on any atom is 0.410 e. The number of nitrogens with zero attached hydrogens (tertiary/aromatic N) is 1. The predicted molar refractivity (Wildman–Crippen MR) is 166 cm³/mol. The highest BCUT2D eigenvalue weighted by Gasteiger charge is 2.37. The zero-order chi connectivity index (χ0) is 27.9. The molecule has 2 saturated heterocycles. The van der Waals surface area contributed by atoms with E-state index in [0.717, 1.165) is 51.0 Å². The Morgan fingerprint density at radius 3 is 2.03 bits per heavy atom.